The number of nitrogens with zero attached hydrogens (tertiary/aromatic N) is 2. The van der Waals surface area contributed by atoms with Gasteiger partial charge in [0.2, 0.25) is 10.0 Å². The van der Waals surface area contributed by atoms with E-state index in [0.717, 1.165) is 30.8 Å². The van der Waals surface area contributed by atoms with Crippen LogP contribution in [0.2, 0.25) is 0 Å². The smallest absolute Gasteiger partial charge is 0.235 e. The van der Waals surface area contributed by atoms with Crippen molar-refractivity contribution in [3.63, 3.8) is 0 Å². The number of piperidine rings is 1. The van der Waals surface area contributed by atoms with E-state index in [-0.39, 0.29) is 18.1 Å². The van der Waals surface area contributed by atoms with Crippen LogP contribution < -0.4 is 9.62 Å². The molecule has 1 heterocycles. The van der Waals surface area contributed by atoms with Gasteiger partial charge in [-0.15, -0.1) is 11.8 Å². The van der Waals surface area contributed by atoms with Crippen molar-refractivity contribution in [3.8, 4) is 6.07 Å². The molecule has 1 aliphatic rings. The number of nitriles is 1. The van der Waals surface area contributed by atoms with E-state index >= 15 is 0 Å². The minimum Gasteiger partial charge on any atom is -0.317 e. The Morgan fingerprint density at radius 3 is 2.53 bits per heavy atom. The van der Waals surface area contributed by atoms with Crippen LogP contribution in [-0.2, 0) is 16.6 Å². The third-order valence-electron chi connectivity index (χ3n) is 4.99. The van der Waals surface area contributed by atoms with E-state index in [2.05, 4.69) is 11.4 Å². The molecule has 0 aliphatic carbocycles. The lowest BCUT2D eigenvalue weighted by Crippen LogP contribution is -2.32. The number of rotatable bonds is 8. The first-order chi connectivity index (χ1) is 14.4. The van der Waals surface area contributed by atoms with Gasteiger partial charge in [-0.2, -0.15) is 5.26 Å². The van der Waals surface area contributed by atoms with Crippen molar-refractivity contribution < 1.29 is 12.8 Å². The molecule has 2 aromatic rings. The largest absolute Gasteiger partial charge is 0.317 e. The van der Waals surface area contributed by atoms with Gasteiger partial charge in [-0.05, 0) is 68.2 Å². The number of sulfonamides is 1. The fraction of sp³-hybridized carbons (Fsp3) is 0.409. The first-order valence-electron chi connectivity index (χ1n) is 10.1. The molecule has 160 valence electrons. The zero-order valence-electron chi connectivity index (χ0n) is 17.0. The Hall–Kier alpha value is -2.08. The van der Waals surface area contributed by atoms with Crippen molar-refractivity contribution in [1.29, 1.82) is 5.26 Å². The predicted octanol–water partition coefficient (Wildman–Crippen LogP) is 4.29. The minimum absolute atomic E-state index is 0.00164. The SMILES string of the molecule is CCCS(=O)(=O)N(Cc1ccc(F)cc1)c1ccc(SC2CCNCC2)c(C#N)c1. The highest BCUT2D eigenvalue weighted by molar-refractivity contribution is 8.00. The molecule has 0 bridgehead atoms. The first kappa shape index (κ1) is 22.6. The van der Waals surface area contributed by atoms with Gasteiger partial charge in [-0.1, -0.05) is 19.1 Å². The second-order valence-corrected chi connectivity index (χ2v) is 10.7. The van der Waals surface area contributed by atoms with Gasteiger partial charge in [0.25, 0.3) is 0 Å². The molecule has 1 N–H and O–H groups in total. The van der Waals surface area contributed by atoms with Crippen molar-refractivity contribution >= 4 is 27.5 Å². The van der Waals surface area contributed by atoms with E-state index in [1.165, 1.54) is 16.4 Å². The van der Waals surface area contributed by atoms with Crippen LogP contribution in [0.5, 0.6) is 0 Å². The lowest BCUT2D eigenvalue weighted by atomic mass is 10.2. The summed E-state index contributed by atoms with van der Waals surface area (Å²) in [6.07, 6.45) is 2.56. The molecule has 0 saturated carbocycles. The molecule has 0 atom stereocenters. The summed E-state index contributed by atoms with van der Waals surface area (Å²) in [5.74, 6) is -0.366. The number of hydrogen-bond donors (Lipinski definition) is 1. The maximum atomic E-state index is 13.3. The van der Waals surface area contributed by atoms with E-state index in [1.807, 2.05) is 13.0 Å². The highest BCUT2D eigenvalue weighted by Crippen LogP contribution is 2.34. The first-order valence-corrected chi connectivity index (χ1v) is 12.6. The Balaban J connectivity index is 1.91. The van der Waals surface area contributed by atoms with Crippen LogP contribution >= 0.6 is 11.8 Å². The third kappa shape index (κ3) is 5.75. The van der Waals surface area contributed by atoms with E-state index in [9.17, 15) is 18.1 Å². The van der Waals surface area contributed by atoms with Gasteiger partial charge in [-0.25, -0.2) is 12.8 Å². The number of anilines is 1. The molecule has 5 nitrogen and oxygen atoms in total. The zero-order valence-corrected chi connectivity index (χ0v) is 18.6. The molecular formula is C22H26FN3O2S2. The van der Waals surface area contributed by atoms with Gasteiger partial charge in [0.1, 0.15) is 11.9 Å². The summed E-state index contributed by atoms with van der Waals surface area (Å²) in [7, 11) is -3.58. The number of nitrogens with one attached hydrogen (secondary N) is 1. The second kappa shape index (κ2) is 10.3. The molecule has 8 heteroatoms. The molecule has 30 heavy (non-hydrogen) atoms. The Kier molecular flexibility index (Phi) is 7.75. The zero-order chi connectivity index (χ0) is 21.6. The van der Waals surface area contributed by atoms with Crippen LogP contribution in [0.4, 0.5) is 10.1 Å². The molecule has 0 unspecified atom stereocenters. The number of thioether (sulfide) groups is 1. The van der Waals surface area contributed by atoms with E-state index in [4.69, 9.17) is 0 Å². The normalized spacial score (nSPS) is 15.0. The van der Waals surface area contributed by atoms with Gasteiger partial charge in [0.05, 0.1) is 23.5 Å². The number of hydrogen-bond acceptors (Lipinski definition) is 5. The van der Waals surface area contributed by atoms with Crippen LogP contribution in [0.1, 0.15) is 37.3 Å². The van der Waals surface area contributed by atoms with Gasteiger partial charge in [0, 0.05) is 10.1 Å². The van der Waals surface area contributed by atoms with Crippen molar-refractivity contribution in [2.24, 2.45) is 0 Å². The highest BCUT2D eigenvalue weighted by atomic mass is 32.2. The predicted molar refractivity (Wildman–Crippen MR) is 120 cm³/mol. The maximum Gasteiger partial charge on any atom is 0.235 e. The standard InChI is InChI=1S/C22H26FN3O2S2/c1-2-13-30(27,28)26(16-17-3-5-19(23)6-4-17)20-7-8-22(18(14-20)15-24)29-21-9-11-25-12-10-21/h3-8,14,21,25H,2,9-13,16H2,1H3. The minimum atomic E-state index is -3.58. The molecule has 0 aromatic heterocycles. The molecule has 0 amide bonds. The average Bonchev–Trinajstić information content (AvgIpc) is 2.74. The van der Waals surface area contributed by atoms with Crippen molar-refractivity contribution in [2.45, 2.75) is 42.9 Å². The molecule has 3 rings (SSSR count). The monoisotopic (exact) mass is 447 g/mol. The van der Waals surface area contributed by atoms with E-state index in [0.29, 0.717) is 28.5 Å². The van der Waals surface area contributed by atoms with Gasteiger partial charge in [-0.3, -0.25) is 4.31 Å². The maximum absolute atomic E-state index is 13.3. The summed E-state index contributed by atoms with van der Waals surface area (Å²) in [6.45, 7) is 3.85. The van der Waals surface area contributed by atoms with Gasteiger partial charge >= 0.3 is 0 Å². The fourth-order valence-corrected chi connectivity index (χ4v) is 6.16. The Labute approximate surface area is 182 Å². The summed E-state index contributed by atoms with van der Waals surface area (Å²) in [5.41, 5.74) is 1.62. The second-order valence-electron chi connectivity index (χ2n) is 7.31. The van der Waals surface area contributed by atoms with Crippen LogP contribution in [0.25, 0.3) is 0 Å². The van der Waals surface area contributed by atoms with E-state index < -0.39 is 10.0 Å². The van der Waals surface area contributed by atoms with Crippen LogP contribution in [0.15, 0.2) is 47.4 Å². The summed E-state index contributed by atoms with van der Waals surface area (Å²) < 4.78 is 40.5. The van der Waals surface area contributed by atoms with Gasteiger partial charge in [0.15, 0.2) is 0 Å². The quantitative estimate of drug-likeness (QED) is 0.654. The molecular weight excluding hydrogens is 421 g/mol. The summed E-state index contributed by atoms with van der Waals surface area (Å²) in [6, 6.07) is 13.3. The van der Waals surface area contributed by atoms with Crippen molar-refractivity contribution in [2.75, 3.05) is 23.1 Å². The van der Waals surface area contributed by atoms with Crippen LogP contribution in [-0.4, -0.2) is 32.5 Å². The molecule has 1 saturated heterocycles. The number of halogens is 1. The Morgan fingerprint density at radius 2 is 1.90 bits per heavy atom. The molecule has 2 aromatic carbocycles. The molecule has 1 fully saturated rings. The van der Waals surface area contributed by atoms with Crippen molar-refractivity contribution in [1.82, 2.24) is 5.32 Å². The Morgan fingerprint density at radius 1 is 1.20 bits per heavy atom. The summed E-state index contributed by atoms with van der Waals surface area (Å²) in [5, 5.41) is 13.5. The van der Waals surface area contributed by atoms with Crippen molar-refractivity contribution in [3.05, 3.63) is 59.4 Å². The summed E-state index contributed by atoms with van der Waals surface area (Å²) in [4.78, 5) is 0.878. The number of benzene rings is 2. The third-order valence-corrected chi connectivity index (χ3v) is 8.34. The van der Waals surface area contributed by atoms with Gasteiger partial charge < -0.3 is 5.32 Å². The average molecular weight is 448 g/mol. The van der Waals surface area contributed by atoms with Crippen LogP contribution in [0, 0.1) is 17.1 Å². The summed E-state index contributed by atoms with van der Waals surface area (Å²) >= 11 is 1.69. The van der Waals surface area contributed by atoms with E-state index in [1.54, 1.807) is 36.0 Å². The highest BCUT2D eigenvalue weighted by Gasteiger charge is 2.24. The topological polar surface area (TPSA) is 73.2 Å². The lowest BCUT2D eigenvalue weighted by Gasteiger charge is -2.26. The lowest BCUT2D eigenvalue weighted by molar-refractivity contribution is 0.531. The van der Waals surface area contributed by atoms with Crippen LogP contribution in [0.3, 0.4) is 0 Å². The fourth-order valence-electron chi connectivity index (χ4n) is 3.43. The molecule has 0 spiro atoms. The molecule has 1 aliphatic heterocycles. The molecule has 0 radical (unpaired) electrons. The Bertz CT molecular complexity index is 998.